The van der Waals surface area contributed by atoms with E-state index >= 15 is 0 Å². The number of aliphatic hydroxyl groups is 5. The molecule has 46 heavy (non-hydrogen) atoms. The van der Waals surface area contributed by atoms with Crippen molar-refractivity contribution < 1.29 is 73.0 Å². The lowest BCUT2D eigenvalue weighted by Gasteiger charge is -2.38. The van der Waals surface area contributed by atoms with Crippen LogP contribution in [0.3, 0.4) is 0 Å². The second-order valence-corrected chi connectivity index (χ2v) is 11.3. The van der Waals surface area contributed by atoms with Crippen molar-refractivity contribution >= 4 is 16.7 Å². The number of hydrogen-bond acceptors (Lipinski definition) is 15. The predicted octanol–water partition coefficient (Wildman–Crippen LogP) is 0.206. The molecule has 15 heteroatoms. The molecule has 2 fully saturated rings. The van der Waals surface area contributed by atoms with Crippen molar-refractivity contribution in [1.29, 1.82) is 0 Å². The standard InChI is InChI=1S/C31H32O15/c1-38-19-6-14-15(7-20(19)39-2)26(16-8-40-28(36)23(16)22(14)13-3-4-18-21(5-13)44-12-43-18)45-30-27(31(37,10-32)11-42-30)46-29-25(35)24(34)17(33)9-41-29/h3-7,17,24-25,27,29-30,32-35,37H,8-12H2,1-2H3/t17-,24-,25+,27-,29-,30-,31+/m0/s1. The Balaban J connectivity index is 1.37. The highest BCUT2D eigenvalue weighted by molar-refractivity contribution is 6.14. The first-order valence-corrected chi connectivity index (χ1v) is 14.4. The summed E-state index contributed by atoms with van der Waals surface area (Å²) in [6.45, 7) is -1.72. The molecule has 7 atom stereocenters. The lowest BCUT2D eigenvalue weighted by molar-refractivity contribution is -0.306. The van der Waals surface area contributed by atoms with E-state index in [0.717, 1.165) is 0 Å². The lowest BCUT2D eigenvalue weighted by Crippen LogP contribution is -2.58. The molecule has 3 aromatic rings. The summed E-state index contributed by atoms with van der Waals surface area (Å²) in [4.78, 5) is 13.4. The van der Waals surface area contributed by atoms with E-state index in [1.54, 1.807) is 30.3 Å². The number of cyclic esters (lactones) is 1. The van der Waals surface area contributed by atoms with E-state index in [2.05, 4.69) is 0 Å². The molecular formula is C31H32O15. The lowest BCUT2D eigenvalue weighted by atomic mass is 9.89. The minimum absolute atomic E-state index is 0.0603. The normalized spacial score (nSPS) is 29.9. The summed E-state index contributed by atoms with van der Waals surface area (Å²) in [6, 6.07) is 8.64. The van der Waals surface area contributed by atoms with Crippen molar-refractivity contribution in [2.45, 2.75) is 49.2 Å². The monoisotopic (exact) mass is 644 g/mol. The third kappa shape index (κ3) is 4.87. The molecule has 15 nitrogen and oxygen atoms in total. The van der Waals surface area contributed by atoms with Crippen molar-refractivity contribution in [3.63, 3.8) is 0 Å². The summed E-state index contributed by atoms with van der Waals surface area (Å²) in [5.74, 6) is 1.30. The zero-order valence-corrected chi connectivity index (χ0v) is 24.7. The molecule has 2 saturated heterocycles. The maximum Gasteiger partial charge on any atom is 0.339 e. The van der Waals surface area contributed by atoms with Gasteiger partial charge in [0, 0.05) is 16.5 Å². The van der Waals surface area contributed by atoms with Gasteiger partial charge < -0.3 is 68.2 Å². The molecule has 0 radical (unpaired) electrons. The molecule has 4 aliphatic rings. The first-order valence-electron chi connectivity index (χ1n) is 14.4. The fraction of sp³-hybridized carbons (Fsp3) is 0.452. The Bertz CT molecular complexity index is 1680. The Morgan fingerprint density at radius 2 is 1.63 bits per heavy atom. The number of aliphatic hydroxyl groups excluding tert-OH is 4. The van der Waals surface area contributed by atoms with Gasteiger partial charge in [-0.3, -0.25) is 0 Å². The summed E-state index contributed by atoms with van der Waals surface area (Å²) in [5.41, 5.74) is -0.304. The van der Waals surface area contributed by atoms with Crippen LogP contribution in [0.4, 0.5) is 0 Å². The number of esters is 1. The molecule has 7 rings (SSSR count). The number of methoxy groups -OCH3 is 2. The molecule has 0 aromatic heterocycles. The van der Waals surface area contributed by atoms with Crippen molar-refractivity contribution in [3.8, 4) is 39.9 Å². The third-order valence-electron chi connectivity index (χ3n) is 8.59. The largest absolute Gasteiger partial charge is 0.493 e. The number of carbonyl (C=O) groups excluding carboxylic acids is 1. The SMILES string of the molecule is COc1cc2c(O[C@@H]3OC[C@](O)(CO)[C@H]3O[C@@H]3OC[C@H](O)[C@H](O)[C@H]3O)c3c(c(-c4ccc5c(c4)OCO5)c2cc1OC)C(=O)OC3. The van der Waals surface area contributed by atoms with Crippen LogP contribution in [0.1, 0.15) is 15.9 Å². The fourth-order valence-corrected chi connectivity index (χ4v) is 6.13. The van der Waals surface area contributed by atoms with Gasteiger partial charge in [0.25, 0.3) is 0 Å². The van der Waals surface area contributed by atoms with Gasteiger partial charge in [0.1, 0.15) is 36.3 Å². The average Bonchev–Trinajstić information content (AvgIpc) is 3.78. The summed E-state index contributed by atoms with van der Waals surface area (Å²) in [7, 11) is 2.94. The van der Waals surface area contributed by atoms with Gasteiger partial charge in [-0.25, -0.2) is 4.79 Å². The summed E-state index contributed by atoms with van der Waals surface area (Å²) in [5, 5.41) is 52.9. The van der Waals surface area contributed by atoms with Crippen LogP contribution in [0.15, 0.2) is 30.3 Å². The van der Waals surface area contributed by atoms with Crippen LogP contribution in [-0.2, 0) is 25.6 Å². The molecule has 4 aliphatic heterocycles. The number of benzene rings is 3. The van der Waals surface area contributed by atoms with Crippen molar-refractivity contribution in [1.82, 2.24) is 0 Å². The minimum Gasteiger partial charge on any atom is -0.493 e. The van der Waals surface area contributed by atoms with E-state index < -0.39 is 61.8 Å². The van der Waals surface area contributed by atoms with Crippen LogP contribution in [0.2, 0.25) is 0 Å². The molecule has 3 aromatic carbocycles. The summed E-state index contributed by atoms with van der Waals surface area (Å²) in [6.07, 6.45) is -9.06. The second kappa shape index (κ2) is 11.7. The first kappa shape index (κ1) is 30.7. The van der Waals surface area contributed by atoms with Crippen molar-refractivity contribution in [3.05, 3.63) is 41.5 Å². The Morgan fingerprint density at radius 1 is 0.891 bits per heavy atom. The highest BCUT2D eigenvalue weighted by Gasteiger charge is 2.54. The molecule has 0 bridgehead atoms. The molecule has 0 spiro atoms. The van der Waals surface area contributed by atoms with E-state index in [-0.39, 0.29) is 31.3 Å². The van der Waals surface area contributed by atoms with Crippen LogP contribution >= 0.6 is 0 Å². The Hall–Kier alpha value is -3.93. The van der Waals surface area contributed by atoms with Gasteiger partial charge in [-0.05, 0) is 35.2 Å². The fourth-order valence-electron chi connectivity index (χ4n) is 6.13. The molecule has 246 valence electrons. The maximum atomic E-state index is 13.4. The predicted molar refractivity (Wildman–Crippen MR) is 153 cm³/mol. The third-order valence-corrected chi connectivity index (χ3v) is 8.59. The van der Waals surface area contributed by atoms with Gasteiger partial charge in [-0.15, -0.1) is 0 Å². The van der Waals surface area contributed by atoms with E-state index in [9.17, 15) is 30.3 Å². The topological polar surface area (TPSA) is 201 Å². The first-order chi connectivity index (χ1) is 22.2. The zero-order chi connectivity index (χ0) is 32.3. The van der Waals surface area contributed by atoms with E-state index in [1.807, 2.05) is 0 Å². The van der Waals surface area contributed by atoms with Crippen LogP contribution < -0.4 is 23.7 Å². The van der Waals surface area contributed by atoms with Gasteiger partial charge in [-0.1, -0.05) is 6.07 Å². The van der Waals surface area contributed by atoms with Gasteiger partial charge in [0.2, 0.25) is 13.1 Å². The van der Waals surface area contributed by atoms with Gasteiger partial charge in [-0.2, -0.15) is 0 Å². The second-order valence-electron chi connectivity index (χ2n) is 11.3. The highest BCUT2D eigenvalue weighted by Crippen LogP contribution is 2.50. The molecule has 5 N–H and O–H groups in total. The number of rotatable bonds is 8. The number of ether oxygens (including phenoxy) is 9. The Kier molecular flexibility index (Phi) is 7.81. The molecule has 0 amide bonds. The Morgan fingerprint density at radius 3 is 2.37 bits per heavy atom. The van der Waals surface area contributed by atoms with E-state index in [0.29, 0.717) is 50.5 Å². The van der Waals surface area contributed by atoms with Crippen LogP contribution in [-0.4, -0.2) is 115 Å². The van der Waals surface area contributed by atoms with Crippen molar-refractivity contribution in [2.75, 3.05) is 40.8 Å². The number of carbonyl (C=O) groups is 1. The Labute approximate surface area is 261 Å². The van der Waals surface area contributed by atoms with Gasteiger partial charge in [0.05, 0.1) is 39.6 Å². The highest BCUT2D eigenvalue weighted by atomic mass is 16.8. The molecule has 0 aliphatic carbocycles. The quantitative estimate of drug-likeness (QED) is 0.208. The maximum absolute atomic E-state index is 13.4. The number of fused-ring (bicyclic) bond motifs is 3. The average molecular weight is 645 g/mol. The molecular weight excluding hydrogens is 612 g/mol. The van der Waals surface area contributed by atoms with Crippen LogP contribution in [0.5, 0.6) is 28.7 Å². The molecule has 0 unspecified atom stereocenters. The van der Waals surface area contributed by atoms with Gasteiger partial charge >= 0.3 is 5.97 Å². The minimum atomic E-state index is -2.02. The van der Waals surface area contributed by atoms with Crippen molar-refractivity contribution in [2.24, 2.45) is 0 Å². The summed E-state index contributed by atoms with van der Waals surface area (Å²) >= 11 is 0. The van der Waals surface area contributed by atoms with E-state index in [4.69, 9.17) is 42.6 Å². The molecule has 0 saturated carbocycles. The molecule has 4 heterocycles. The smallest absolute Gasteiger partial charge is 0.339 e. The van der Waals surface area contributed by atoms with Gasteiger partial charge in [0.15, 0.2) is 35.4 Å². The van der Waals surface area contributed by atoms with E-state index in [1.165, 1.54) is 14.2 Å². The van der Waals surface area contributed by atoms with Crippen LogP contribution in [0.25, 0.3) is 21.9 Å². The summed E-state index contributed by atoms with van der Waals surface area (Å²) < 4.78 is 51.2. The zero-order valence-electron chi connectivity index (χ0n) is 24.7. The van der Waals surface area contributed by atoms with Crippen LogP contribution in [0, 0.1) is 0 Å². The number of hydrogen-bond donors (Lipinski definition) is 5.